The third-order valence-electron chi connectivity index (χ3n) is 2.56. The first kappa shape index (κ1) is 12.6. The van der Waals surface area contributed by atoms with Crippen molar-refractivity contribution in [2.24, 2.45) is 0 Å². The van der Waals surface area contributed by atoms with E-state index in [1.54, 1.807) is 17.4 Å². The van der Waals surface area contributed by atoms with Gasteiger partial charge in [-0.2, -0.15) is 0 Å². The Labute approximate surface area is 113 Å². The number of benzene rings is 1. The number of rotatable bonds is 3. The van der Waals surface area contributed by atoms with Crippen LogP contribution in [0.3, 0.4) is 0 Å². The van der Waals surface area contributed by atoms with Crippen molar-refractivity contribution in [3.63, 3.8) is 0 Å². The van der Waals surface area contributed by atoms with Gasteiger partial charge >= 0.3 is 0 Å². The number of aryl methyl sites for hydroxylation is 2. The van der Waals surface area contributed by atoms with E-state index >= 15 is 0 Å². The zero-order valence-corrected chi connectivity index (χ0v) is 12.1. The van der Waals surface area contributed by atoms with Crippen LogP contribution in [0.25, 0.3) is 0 Å². The summed E-state index contributed by atoms with van der Waals surface area (Å²) in [4.78, 5) is 2.50. The second-order valence-electron chi connectivity index (χ2n) is 3.93. The summed E-state index contributed by atoms with van der Waals surface area (Å²) in [7, 11) is 0. The fraction of sp³-hybridized carbons (Fsp3) is 0.231. The first-order chi connectivity index (χ1) is 8.06. The monoisotopic (exact) mass is 313 g/mol. The second-order valence-corrected chi connectivity index (χ2v) is 6.12. The first-order valence-corrected chi connectivity index (χ1v) is 6.92. The van der Waals surface area contributed by atoms with Gasteiger partial charge in [-0.25, -0.2) is 4.39 Å². The van der Waals surface area contributed by atoms with Crippen LogP contribution in [0.4, 0.5) is 10.1 Å². The molecule has 2 rings (SSSR count). The highest BCUT2D eigenvalue weighted by molar-refractivity contribution is 9.10. The molecule has 17 heavy (non-hydrogen) atoms. The van der Waals surface area contributed by atoms with Gasteiger partial charge in [-0.1, -0.05) is 6.07 Å². The largest absolute Gasteiger partial charge is 0.380 e. The maximum Gasteiger partial charge on any atom is 0.125 e. The van der Waals surface area contributed by atoms with Crippen molar-refractivity contribution in [2.45, 2.75) is 20.4 Å². The smallest absolute Gasteiger partial charge is 0.125 e. The molecule has 0 fully saturated rings. The molecule has 0 aliphatic carbocycles. The third-order valence-corrected chi connectivity index (χ3v) is 4.70. The van der Waals surface area contributed by atoms with E-state index in [4.69, 9.17) is 0 Å². The fourth-order valence-electron chi connectivity index (χ4n) is 1.57. The molecule has 0 aliphatic rings. The second kappa shape index (κ2) is 5.19. The van der Waals surface area contributed by atoms with Gasteiger partial charge in [0.25, 0.3) is 0 Å². The summed E-state index contributed by atoms with van der Waals surface area (Å²) in [6.07, 6.45) is 0. The summed E-state index contributed by atoms with van der Waals surface area (Å²) in [5, 5.41) is 3.26. The van der Waals surface area contributed by atoms with Crippen molar-refractivity contribution in [1.29, 1.82) is 0 Å². The molecule has 0 amide bonds. The van der Waals surface area contributed by atoms with Crippen molar-refractivity contribution in [3.8, 4) is 0 Å². The van der Waals surface area contributed by atoms with E-state index in [0.717, 1.165) is 22.3 Å². The molecule has 0 saturated carbocycles. The fourth-order valence-corrected chi connectivity index (χ4v) is 3.11. The molecule has 0 atom stereocenters. The molecule has 0 spiro atoms. The predicted molar refractivity (Wildman–Crippen MR) is 75.2 cm³/mol. The predicted octanol–water partition coefficient (Wildman–Crippen LogP) is 4.88. The van der Waals surface area contributed by atoms with E-state index in [1.165, 1.54) is 21.9 Å². The lowest BCUT2D eigenvalue weighted by molar-refractivity contribution is 0.628. The van der Waals surface area contributed by atoms with E-state index in [1.807, 2.05) is 6.92 Å². The highest BCUT2D eigenvalue weighted by atomic mass is 79.9. The van der Waals surface area contributed by atoms with Gasteiger partial charge in [0.15, 0.2) is 0 Å². The van der Waals surface area contributed by atoms with Crippen LogP contribution >= 0.6 is 27.3 Å². The topological polar surface area (TPSA) is 12.0 Å². The minimum absolute atomic E-state index is 0.207. The van der Waals surface area contributed by atoms with E-state index in [0.29, 0.717) is 0 Å². The Hall–Kier alpha value is -0.870. The molecule has 0 saturated heterocycles. The Balaban J connectivity index is 2.09. The van der Waals surface area contributed by atoms with E-state index < -0.39 is 0 Å². The van der Waals surface area contributed by atoms with Crippen molar-refractivity contribution >= 4 is 33.0 Å². The third kappa shape index (κ3) is 3.07. The van der Waals surface area contributed by atoms with Crippen molar-refractivity contribution in [3.05, 3.63) is 49.9 Å². The zero-order chi connectivity index (χ0) is 12.4. The number of thiophene rings is 1. The molecule has 0 radical (unpaired) electrons. The molecule has 90 valence electrons. The Morgan fingerprint density at radius 3 is 2.71 bits per heavy atom. The number of anilines is 1. The van der Waals surface area contributed by atoms with E-state index in [-0.39, 0.29) is 5.82 Å². The maximum atomic E-state index is 13.1. The molecule has 4 heteroatoms. The van der Waals surface area contributed by atoms with Gasteiger partial charge in [0.2, 0.25) is 0 Å². The number of halogens is 2. The number of hydrogen-bond acceptors (Lipinski definition) is 2. The van der Waals surface area contributed by atoms with Gasteiger partial charge < -0.3 is 5.32 Å². The van der Waals surface area contributed by atoms with E-state index in [2.05, 4.69) is 34.2 Å². The van der Waals surface area contributed by atoms with Crippen LogP contribution in [0.2, 0.25) is 0 Å². The van der Waals surface area contributed by atoms with Crippen LogP contribution < -0.4 is 5.32 Å². The standard InChI is InChI=1S/C13H13BrFNS/c1-8-3-4-10(15)5-13(8)16-7-11-6-12(14)9(2)17-11/h3-6,16H,7H2,1-2H3. The molecule has 1 heterocycles. The Morgan fingerprint density at radius 1 is 1.29 bits per heavy atom. The summed E-state index contributed by atoms with van der Waals surface area (Å²) in [6, 6.07) is 6.89. The first-order valence-electron chi connectivity index (χ1n) is 5.31. The number of hydrogen-bond donors (Lipinski definition) is 1. The van der Waals surface area contributed by atoms with Gasteiger partial charge in [-0.15, -0.1) is 11.3 Å². The lowest BCUT2D eigenvalue weighted by Gasteiger charge is -2.08. The molecule has 1 aromatic heterocycles. The van der Waals surface area contributed by atoms with Crippen molar-refractivity contribution in [2.75, 3.05) is 5.32 Å². The lowest BCUT2D eigenvalue weighted by atomic mass is 10.2. The van der Waals surface area contributed by atoms with Crippen LogP contribution in [0.1, 0.15) is 15.3 Å². The molecule has 2 aromatic rings. The van der Waals surface area contributed by atoms with Crippen molar-refractivity contribution in [1.82, 2.24) is 0 Å². The maximum absolute atomic E-state index is 13.1. The summed E-state index contributed by atoms with van der Waals surface area (Å²) in [5.41, 5.74) is 1.91. The van der Waals surface area contributed by atoms with Gasteiger partial charge in [0, 0.05) is 26.5 Å². The summed E-state index contributed by atoms with van der Waals surface area (Å²) in [5.74, 6) is -0.207. The van der Waals surface area contributed by atoms with Crippen LogP contribution in [-0.2, 0) is 6.54 Å². The SMILES string of the molecule is Cc1ccc(F)cc1NCc1cc(Br)c(C)s1. The molecular formula is C13H13BrFNS. The average Bonchev–Trinajstić information content (AvgIpc) is 2.60. The normalized spacial score (nSPS) is 10.6. The Morgan fingerprint density at radius 2 is 2.06 bits per heavy atom. The highest BCUT2D eigenvalue weighted by Gasteiger charge is 2.04. The quantitative estimate of drug-likeness (QED) is 0.851. The van der Waals surface area contributed by atoms with Crippen LogP contribution in [0, 0.1) is 19.7 Å². The minimum Gasteiger partial charge on any atom is -0.380 e. The Bertz CT molecular complexity index is 517. The van der Waals surface area contributed by atoms with Gasteiger partial charge in [-0.05, 0) is 53.5 Å². The van der Waals surface area contributed by atoms with Crippen molar-refractivity contribution < 1.29 is 4.39 Å². The molecule has 1 nitrogen and oxygen atoms in total. The van der Waals surface area contributed by atoms with Gasteiger partial charge in [-0.3, -0.25) is 0 Å². The summed E-state index contributed by atoms with van der Waals surface area (Å²) >= 11 is 5.23. The Kier molecular flexibility index (Phi) is 3.84. The van der Waals surface area contributed by atoms with Gasteiger partial charge in [0.1, 0.15) is 5.82 Å². The van der Waals surface area contributed by atoms with Gasteiger partial charge in [0.05, 0.1) is 0 Å². The summed E-state index contributed by atoms with van der Waals surface area (Å²) in [6.45, 7) is 4.77. The molecule has 1 aromatic carbocycles. The van der Waals surface area contributed by atoms with E-state index in [9.17, 15) is 4.39 Å². The average molecular weight is 314 g/mol. The van der Waals surface area contributed by atoms with Crippen LogP contribution in [0.15, 0.2) is 28.7 Å². The molecule has 1 N–H and O–H groups in total. The number of nitrogens with one attached hydrogen (secondary N) is 1. The molecule has 0 aliphatic heterocycles. The lowest BCUT2D eigenvalue weighted by Crippen LogP contribution is -1.99. The molecular weight excluding hydrogens is 301 g/mol. The summed E-state index contributed by atoms with van der Waals surface area (Å²) < 4.78 is 14.2. The highest BCUT2D eigenvalue weighted by Crippen LogP contribution is 2.27. The van der Waals surface area contributed by atoms with Crippen LogP contribution in [-0.4, -0.2) is 0 Å². The molecule has 0 unspecified atom stereocenters. The zero-order valence-electron chi connectivity index (χ0n) is 9.68. The molecule has 0 bridgehead atoms. The van der Waals surface area contributed by atoms with Crippen LogP contribution in [0.5, 0.6) is 0 Å². The minimum atomic E-state index is -0.207.